The lowest BCUT2D eigenvalue weighted by Crippen LogP contribution is -2.24. The summed E-state index contributed by atoms with van der Waals surface area (Å²) in [5.41, 5.74) is 1.61. The predicted octanol–water partition coefficient (Wildman–Crippen LogP) is 3.59. The maximum absolute atomic E-state index is 9.14. The molecular formula is C13H15ClN2. The van der Waals surface area contributed by atoms with Gasteiger partial charge < -0.3 is 4.90 Å². The van der Waals surface area contributed by atoms with E-state index in [0.29, 0.717) is 10.6 Å². The van der Waals surface area contributed by atoms with Crippen molar-refractivity contribution in [3.8, 4) is 6.07 Å². The van der Waals surface area contributed by atoms with Gasteiger partial charge in [-0.2, -0.15) is 5.26 Å². The van der Waals surface area contributed by atoms with Gasteiger partial charge in [0.05, 0.1) is 16.3 Å². The Morgan fingerprint density at radius 3 is 2.44 bits per heavy atom. The standard InChI is InChI=1S/C13H15ClN2/c14-12-6-5-7-13(11(12)10-15)16-8-3-1-2-4-9-16/h5-7H,1-4,8-9H2. The highest BCUT2D eigenvalue weighted by Gasteiger charge is 2.14. The van der Waals surface area contributed by atoms with Crippen LogP contribution < -0.4 is 4.90 Å². The quantitative estimate of drug-likeness (QED) is 0.743. The Morgan fingerprint density at radius 1 is 1.12 bits per heavy atom. The van der Waals surface area contributed by atoms with Crippen molar-refractivity contribution in [2.75, 3.05) is 18.0 Å². The summed E-state index contributed by atoms with van der Waals surface area (Å²) in [6, 6.07) is 7.90. The molecule has 1 aromatic rings. The Kier molecular flexibility index (Phi) is 3.69. The smallest absolute Gasteiger partial charge is 0.103 e. The first-order chi connectivity index (χ1) is 7.83. The van der Waals surface area contributed by atoms with Crippen molar-refractivity contribution in [3.63, 3.8) is 0 Å². The first kappa shape index (κ1) is 11.3. The lowest BCUT2D eigenvalue weighted by Gasteiger charge is -2.23. The van der Waals surface area contributed by atoms with E-state index < -0.39 is 0 Å². The minimum absolute atomic E-state index is 0.559. The van der Waals surface area contributed by atoms with E-state index in [4.69, 9.17) is 16.9 Å². The minimum atomic E-state index is 0.559. The second kappa shape index (κ2) is 5.23. The van der Waals surface area contributed by atoms with Crippen LogP contribution in [-0.2, 0) is 0 Å². The van der Waals surface area contributed by atoms with Crippen molar-refractivity contribution in [1.82, 2.24) is 0 Å². The second-order valence-corrected chi connectivity index (χ2v) is 4.55. The van der Waals surface area contributed by atoms with Gasteiger partial charge in [-0.15, -0.1) is 0 Å². The van der Waals surface area contributed by atoms with Crippen LogP contribution in [0.4, 0.5) is 5.69 Å². The molecule has 1 fully saturated rings. The average Bonchev–Trinajstić information content (AvgIpc) is 2.57. The molecule has 0 radical (unpaired) electrons. The lowest BCUT2D eigenvalue weighted by atomic mass is 10.1. The molecule has 0 aliphatic carbocycles. The number of nitriles is 1. The summed E-state index contributed by atoms with van der Waals surface area (Å²) < 4.78 is 0. The van der Waals surface area contributed by atoms with Crippen molar-refractivity contribution in [1.29, 1.82) is 5.26 Å². The van der Waals surface area contributed by atoms with Crippen molar-refractivity contribution in [2.24, 2.45) is 0 Å². The molecule has 2 nitrogen and oxygen atoms in total. The zero-order chi connectivity index (χ0) is 11.4. The van der Waals surface area contributed by atoms with Crippen LogP contribution >= 0.6 is 11.6 Å². The van der Waals surface area contributed by atoms with Crippen LogP contribution in [0.25, 0.3) is 0 Å². The minimum Gasteiger partial charge on any atom is -0.370 e. The van der Waals surface area contributed by atoms with E-state index in [1.54, 1.807) is 6.07 Å². The van der Waals surface area contributed by atoms with Gasteiger partial charge in [-0.3, -0.25) is 0 Å². The highest BCUT2D eigenvalue weighted by Crippen LogP contribution is 2.28. The molecule has 1 aromatic carbocycles. The molecule has 0 amide bonds. The first-order valence-electron chi connectivity index (χ1n) is 5.76. The van der Waals surface area contributed by atoms with Crippen LogP contribution in [0.3, 0.4) is 0 Å². The molecule has 0 atom stereocenters. The summed E-state index contributed by atoms with van der Waals surface area (Å²) in [7, 11) is 0. The second-order valence-electron chi connectivity index (χ2n) is 4.15. The summed E-state index contributed by atoms with van der Waals surface area (Å²) in [6.07, 6.45) is 4.99. The third-order valence-corrected chi connectivity index (χ3v) is 3.37. The summed E-state index contributed by atoms with van der Waals surface area (Å²) in [5, 5.41) is 9.70. The average molecular weight is 235 g/mol. The van der Waals surface area contributed by atoms with Gasteiger partial charge in [0.15, 0.2) is 0 Å². The molecule has 0 aromatic heterocycles. The van der Waals surface area contributed by atoms with Crippen molar-refractivity contribution < 1.29 is 0 Å². The van der Waals surface area contributed by atoms with Gasteiger partial charge in [0.25, 0.3) is 0 Å². The maximum atomic E-state index is 9.14. The molecule has 0 saturated carbocycles. The van der Waals surface area contributed by atoms with Crippen LogP contribution in [0, 0.1) is 11.3 Å². The maximum Gasteiger partial charge on any atom is 0.103 e. The molecule has 1 heterocycles. The topological polar surface area (TPSA) is 27.0 Å². The monoisotopic (exact) mass is 234 g/mol. The largest absolute Gasteiger partial charge is 0.370 e. The van der Waals surface area contributed by atoms with E-state index in [2.05, 4.69) is 11.0 Å². The Balaban J connectivity index is 2.31. The third-order valence-electron chi connectivity index (χ3n) is 3.05. The van der Waals surface area contributed by atoms with Crippen molar-refractivity contribution >= 4 is 17.3 Å². The van der Waals surface area contributed by atoms with Gasteiger partial charge in [0.2, 0.25) is 0 Å². The molecule has 1 aliphatic heterocycles. The number of hydrogen-bond donors (Lipinski definition) is 0. The van der Waals surface area contributed by atoms with Gasteiger partial charge >= 0.3 is 0 Å². The summed E-state index contributed by atoms with van der Waals surface area (Å²) in [6.45, 7) is 2.07. The Bertz CT molecular complexity index is 401. The number of hydrogen-bond acceptors (Lipinski definition) is 2. The van der Waals surface area contributed by atoms with Crippen LogP contribution in [0.1, 0.15) is 31.2 Å². The van der Waals surface area contributed by atoms with Crippen molar-refractivity contribution in [2.45, 2.75) is 25.7 Å². The summed E-state index contributed by atoms with van der Waals surface area (Å²) >= 11 is 6.04. The molecule has 16 heavy (non-hydrogen) atoms. The molecule has 1 saturated heterocycles. The summed E-state index contributed by atoms with van der Waals surface area (Å²) in [5.74, 6) is 0. The van der Waals surface area contributed by atoms with E-state index in [1.165, 1.54) is 25.7 Å². The molecule has 2 rings (SSSR count). The van der Waals surface area contributed by atoms with Gasteiger partial charge in [0, 0.05) is 13.1 Å². The van der Waals surface area contributed by atoms with E-state index >= 15 is 0 Å². The fraction of sp³-hybridized carbons (Fsp3) is 0.462. The molecule has 1 aliphatic rings. The first-order valence-corrected chi connectivity index (χ1v) is 6.14. The summed E-state index contributed by atoms with van der Waals surface area (Å²) in [4.78, 5) is 2.29. The fourth-order valence-electron chi connectivity index (χ4n) is 2.20. The molecule has 0 N–H and O–H groups in total. The number of halogens is 1. The Morgan fingerprint density at radius 2 is 1.81 bits per heavy atom. The zero-order valence-electron chi connectivity index (χ0n) is 9.25. The Hall–Kier alpha value is -1.20. The van der Waals surface area contributed by atoms with E-state index in [9.17, 15) is 0 Å². The molecule has 0 bridgehead atoms. The number of rotatable bonds is 1. The van der Waals surface area contributed by atoms with Crippen LogP contribution in [0.2, 0.25) is 5.02 Å². The number of anilines is 1. The van der Waals surface area contributed by atoms with Gasteiger partial charge in [-0.1, -0.05) is 30.5 Å². The molecule has 0 spiro atoms. The van der Waals surface area contributed by atoms with E-state index in [-0.39, 0.29) is 0 Å². The van der Waals surface area contributed by atoms with E-state index in [1.807, 2.05) is 12.1 Å². The SMILES string of the molecule is N#Cc1c(Cl)cccc1N1CCCCCC1. The highest BCUT2D eigenvalue weighted by atomic mass is 35.5. The Labute approximate surface area is 101 Å². The highest BCUT2D eigenvalue weighted by molar-refractivity contribution is 6.32. The lowest BCUT2D eigenvalue weighted by molar-refractivity contribution is 0.726. The molecule has 84 valence electrons. The van der Waals surface area contributed by atoms with Crippen LogP contribution in [-0.4, -0.2) is 13.1 Å². The van der Waals surface area contributed by atoms with Gasteiger partial charge in [-0.05, 0) is 25.0 Å². The normalized spacial score (nSPS) is 16.6. The van der Waals surface area contributed by atoms with E-state index in [0.717, 1.165) is 18.8 Å². The van der Waals surface area contributed by atoms with Gasteiger partial charge in [-0.25, -0.2) is 0 Å². The van der Waals surface area contributed by atoms with Gasteiger partial charge in [0.1, 0.15) is 6.07 Å². The molecule has 3 heteroatoms. The third kappa shape index (κ3) is 2.31. The predicted molar refractivity (Wildman–Crippen MR) is 66.8 cm³/mol. The number of nitrogens with zero attached hydrogens (tertiary/aromatic N) is 2. The zero-order valence-corrected chi connectivity index (χ0v) is 10.0. The molecular weight excluding hydrogens is 220 g/mol. The van der Waals surface area contributed by atoms with Crippen molar-refractivity contribution in [3.05, 3.63) is 28.8 Å². The molecule has 0 unspecified atom stereocenters. The fourth-order valence-corrected chi connectivity index (χ4v) is 2.41. The van der Waals surface area contributed by atoms with Crippen LogP contribution in [0.15, 0.2) is 18.2 Å². The van der Waals surface area contributed by atoms with Crippen LogP contribution in [0.5, 0.6) is 0 Å². The number of benzene rings is 1.